The molecule has 0 spiro atoms. The Morgan fingerprint density at radius 1 is 0.565 bits per heavy atom. The molecule has 46 heavy (non-hydrogen) atoms. The first kappa shape index (κ1) is 27.7. The van der Waals surface area contributed by atoms with Crippen molar-refractivity contribution in [1.82, 2.24) is 9.13 Å². The van der Waals surface area contributed by atoms with E-state index in [9.17, 15) is 5.26 Å². The Balaban J connectivity index is 1.62. The first-order valence-corrected chi connectivity index (χ1v) is 15.0. The largest absolute Gasteiger partial charge is 0.420 e. The summed E-state index contributed by atoms with van der Waals surface area (Å²) in [5.41, 5.74) is 5.23. The fraction of sp³-hybridized carbons (Fsp3) is 0.0750. The lowest BCUT2D eigenvalue weighted by Gasteiger charge is -2.24. The van der Waals surface area contributed by atoms with Crippen LogP contribution in [0.2, 0.25) is 0 Å². The molecular formula is C40H26F3N3. The molecule has 0 saturated heterocycles. The number of fused-ring (bicyclic) bond motifs is 6. The van der Waals surface area contributed by atoms with Gasteiger partial charge in [0.1, 0.15) is 5.56 Å². The number of hydrogen-bond acceptors (Lipinski definition) is 1. The highest BCUT2D eigenvalue weighted by molar-refractivity contribution is 6.11. The average Bonchev–Trinajstić information content (AvgIpc) is 3.55. The zero-order valence-corrected chi connectivity index (χ0v) is 25.0. The fourth-order valence-corrected chi connectivity index (χ4v) is 6.93. The van der Waals surface area contributed by atoms with Crippen LogP contribution in [0.15, 0.2) is 121 Å². The van der Waals surface area contributed by atoms with Crippen LogP contribution in [-0.2, 0) is 6.18 Å². The summed E-state index contributed by atoms with van der Waals surface area (Å²) in [6.45, 7) is 3.89. The molecule has 0 fully saturated rings. The SMILES string of the molecule is Cc1ccc2c3ccccc3n(-c3ccc(-c4cccc(C#N)c4)c(-n4c5ccccc5c5ccc(C)cc54)c3C(F)(F)F)c2c1. The van der Waals surface area contributed by atoms with Gasteiger partial charge >= 0.3 is 6.18 Å². The standard InChI is InChI=1S/C40H26F3N3/c1-24-14-16-31-29-10-3-5-12-33(29)45(36(31)20-24)35-19-18-28(27-9-7-8-26(22-27)23-44)39(38(35)40(41,42)43)46-34-13-6-4-11-30(34)32-17-15-25(2)21-37(32)46/h3-22H,1-2H3. The van der Waals surface area contributed by atoms with E-state index in [1.54, 1.807) is 45.5 Å². The first-order valence-electron chi connectivity index (χ1n) is 15.0. The molecule has 0 aliphatic rings. The zero-order valence-electron chi connectivity index (χ0n) is 25.0. The van der Waals surface area contributed by atoms with Crippen LogP contribution in [0.3, 0.4) is 0 Å². The maximum Gasteiger partial charge on any atom is 0.420 e. The second-order valence-electron chi connectivity index (χ2n) is 11.8. The second-order valence-corrected chi connectivity index (χ2v) is 11.8. The van der Waals surface area contributed by atoms with E-state index in [2.05, 4.69) is 6.07 Å². The summed E-state index contributed by atoms with van der Waals surface area (Å²) in [5, 5.41) is 13.2. The van der Waals surface area contributed by atoms with Crippen LogP contribution in [0, 0.1) is 25.2 Å². The summed E-state index contributed by atoms with van der Waals surface area (Å²) in [6, 6.07) is 39.3. The van der Waals surface area contributed by atoms with Gasteiger partial charge in [-0.05, 0) is 73.0 Å². The van der Waals surface area contributed by atoms with Crippen LogP contribution < -0.4 is 0 Å². The molecule has 8 rings (SSSR count). The van der Waals surface area contributed by atoms with Crippen molar-refractivity contribution in [2.75, 3.05) is 0 Å². The van der Waals surface area contributed by atoms with Crippen LogP contribution in [0.5, 0.6) is 0 Å². The molecule has 8 aromatic rings. The lowest BCUT2D eigenvalue weighted by atomic mass is 9.96. The van der Waals surface area contributed by atoms with Gasteiger partial charge in [-0.1, -0.05) is 78.9 Å². The number of alkyl halides is 3. The summed E-state index contributed by atoms with van der Waals surface area (Å²) in [6.07, 6.45) is -4.75. The van der Waals surface area contributed by atoms with Gasteiger partial charge in [-0.25, -0.2) is 0 Å². The summed E-state index contributed by atoms with van der Waals surface area (Å²) in [5.74, 6) is 0. The topological polar surface area (TPSA) is 33.6 Å². The summed E-state index contributed by atoms with van der Waals surface area (Å²) < 4.78 is 51.6. The van der Waals surface area contributed by atoms with Crippen LogP contribution >= 0.6 is 0 Å². The van der Waals surface area contributed by atoms with Gasteiger partial charge in [0.05, 0.1) is 45.1 Å². The van der Waals surface area contributed by atoms with Crippen LogP contribution in [0.4, 0.5) is 13.2 Å². The van der Waals surface area contributed by atoms with Crippen molar-refractivity contribution < 1.29 is 13.2 Å². The Bertz CT molecular complexity index is 2560. The Kier molecular flexibility index (Phi) is 6.10. The van der Waals surface area contributed by atoms with Gasteiger partial charge in [-0.2, -0.15) is 18.4 Å². The quantitative estimate of drug-likeness (QED) is 0.197. The van der Waals surface area contributed by atoms with Gasteiger partial charge in [0.2, 0.25) is 0 Å². The molecule has 0 radical (unpaired) electrons. The van der Waals surface area contributed by atoms with Crippen molar-refractivity contribution in [1.29, 1.82) is 5.26 Å². The van der Waals surface area contributed by atoms with Crippen molar-refractivity contribution in [2.24, 2.45) is 0 Å². The Morgan fingerprint density at radius 2 is 1.13 bits per heavy atom. The van der Waals surface area contributed by atoms with E-state index < -0.39 is 11.7 Å². The minimum atomic E-state index is -4.75. The van der Waals surface area contributed by atoms with Gasteiger partial charge in [0.15, 0.2) is 0 Å². The predicted molar refractivity (Wildman–Crippen MR) is 180 cm³/mol. The van der Waals surface area contributed by atoms with E-state index in [1.165, 1.54) is 0 Å². The molecule has 0 atom stereocenters. The van der Waals surface area contributed by atoms with Gasteiger partial charge in [0, 0.05) is 27.1 Å². The number of rotatable bonds is 3. The molecule has 0 bridgehead atoms. The number of hydrogen-bond donors (Lipinski definition) is 0. The normalized spacial score (nSPS) is 12.0. The molecule has 6 aromatic carbocycles. The fourth-order valence-electron chi connectivity index (χ4n) is 6.93. The van der Waals surface area contributed by atoms with Crippen molar-refractivity contribution in [3.8, 4) is 28.6 Å². The van der Waals surface area contributed by atoms with E-state index in [4.69, 9.17) is 0 Å². The van der Waals surface area contributed by atoms with Gasteiger partial charge in [0.25, 0.3) is 0 Å². The van der Waals surface area contributed by atoms with Crippen molar-refractivity contribution in [3.63, 3.8) is 0 Å². The number of benzene rings is 6. The maximum atomic E-state index is 16.0. The molecule has 0 amide bonds. The number of nitriles is 1. The monoisotopic (exact) mass is 605 g/mol. The third kappa shape index (κ3) is 4.13. The molecule has 3 nitrogen and oxygen atoms in total. The second kappa shape index (κ2) is 10.1. The first-order chi connectivity index (χ1) is 22.2. The third-order valence-electron chi connectivity index (χ3n) is 8.87. The summed E-state index contributed by atoms with van der Waals surface area (Å²) >= 11 is 0. The van der Waals surface area contributed by atoms with Crippen LogP contribution in [-0.4, -0.2) is 9.13 Å². The highest BCUT2D eigenvalue weighted by Crippen LogP contribution is 2.47. The highest BCUT2D eigenvalue weighted by Gasteiger charge is 2.40. The molecule has 0 saturated carbocycles. The van der Waals surface area contributed by atoms with Gasteiger partial charge in [-0.3, -0.25) is 0 Å². The van der Waals surface area contributed by atoms with E-state index in [-0.39, 0.29) is 11.4 Å². The summed E-state index contributed by atoms with van der Waals surface area (Å²) in [4.78, 5) is 0. The molecule has 0 N–H and O–H groups in total. The molecule has 2 aromatic heterocycles. The highest BCUT2D eigenvalue weighted by atomic mass is 19.4. The van der Waals surface area contributed by atoms with E-state index in [0.29, 0.717) is 38.8 Å². The lowest BCUT2D eigenvalue weighted by molar-refractivity contribution is -0.137. The van der Waals surface area contributed by atoms with Gasteiger partial charge in [-0.15, -0.1) is 0 Å². The Hall–Kier alpha value is -5.80. The number of halogens is 3. The number of aryl methyl sites for hydroxylation is 2. The average molecular weight is 606 g/mol. The number of nitrogens with zero attached hydrogens (tertiary/aromatic N) is 3. The van der Waals surface area contributed by atoms with Crippen molar-refractivity contribution in [2.45, 2.75) is 20.0 Å². The van der Waals surface area contributed by atoms with Crippen molar-refractivity contribution in [3.05, 3.63) is 144 Å². The molecule has 0 unspecified atom stereocenters. The number of aromatic nitrogens is 2. The molecule has 222 valence electrons. The molecule has 0 aliphatic heterocycles. The molecule has 0 aliphatic carbocycles. The van der Waals surface area contributed by atoms with E-state index in [1.807, 2.05) is 98.8 Å². The smallest absolute Gasteiger partial charge is 0.309 e. The van der Waals surface area contributed by atoms with E-state index >= 15 is 13.2 Å². The van der Waals surface area contributed by atoms with Crippen LogP contribution in [0.1, 0.15) is 22.3 Å². The maximum absolute atomic E-state index is 16.0. The minimum absolute atomic E-state index is 0.0236. The number of para-hydroxylation sites is 2. The Labute approximate surface area is 263 Å². The van der Waals surface area contributed by atoms with Crippen molar-refractivity contribution >= 4 is 43.6 Å². The zero-order chi connectivity index (χ0) is 31.7. The minimum Gasteiger partial charge on any atom is -0.309 e. The lowest BCUT2D eigenvalue weighted by Crippen LogP contribution is -2.17. The predicted octanol–water partition coefficient (Wildman–Crippen LogP) is 11.1. The third-order valence-corrected chi connectivity index (χ3v) is 8.87. The molecular weight excluding hydrogens is 579 g/mol. The van der Waals surface area contributed by atoms with Crippen LogP contribution in [0.25, 0.3) is 66.1 Å². The Morgan fingerprint density at radius 3 is 1.74 bits per heavy atom. The molecule has 2 heterocycles. The molecule has 6 heteroatoms. The summed E-state index contributed by atoms with van der Waals surface area (Å²) in [7, 11) is 0. The van der Waals surface area contributed by atoms with E-state index in [0.717, 1.165) is 32.7 Å². The van der Waals surface area contributed by atoms with Gasteiger partial charge < -0.3 is 9.13 Å².